The Morgan fingerprint density at radius 1 is 0.933 bits per heavy atom. The van der Waals surface area contributed by atoms with Crippen LogP contribution in [0.4, 0.5) is 20.8 Å². The molecule has 0 N–H and O–H groups in total. The van der Waals surface area contributed by atoms with Gasteiger partial charge in [0.05, 0.1) is 24.4 Å². The SMILES string of the molecule is CC(C)[Si](C(C)C)(C(C)C)n1ccc2cc(CN(C(=O)OC(C)(C)C)c3cc(N4C[C@@H](O[Si](C)(C)C(C)(C)C)C[C@@H]4c4cn5cc(C6CC6)ccc5n4)ncn3)c(F)cc21. The minimum Gasteiger partial charge on any atom is -0.443 e. The fraction of sp³-hybridized carbons (Fsp3) is 0.574. The molecule has 60 heavy (non-hydrogen) atoms. The largest absolute Gasteiger partial charge is 0.443 e. The molecule has 0 radical (unpaired) electrons. The molecule has 324 valence electrons. The normalized spacial score (nSPS) is 18.2. The van der Waals surface area contributed by atoms with Crippen molar-refractivity contribution in [2.75, 3.05) is 16.3 Å². The van der Waals surface area contributed by atoms with Crippen molar-refractivity contribution in [2.24, 2.45) is 0 Å². The molecule has 2 atom stereocenters. The van der Waals surface area contributed by atoms with Crippen molar-refractivity contribution >= 4 is 50.8 Å². The molecule has 10 nitrogen and oxygen atoms in total. The Morgan fingerprint density at radius 2 is 1.62 bits per heavy atom. The molecule has 1 aliphatic carbocycles. The van der Waals surface area contributed by atoms with Crippen LogP contribution in [-0.2, 0) is 15.7 Å². The van der Waals surface area contributed by atoms with E-state index in [4.69, 9.17) is 19.1 Å². The second-order valence-electron chi connectivity index (χ2n) is 20.9. The first-order chi connectivity index (χ1) is 28.0. The highest BCUT2D eigenvalue weighted by Gasteiger charge is 2.46. The van der Waals surface area contributed by atoms with Gasteiger partial charge in [-0.2, -0.15) is 0 Å². The molecule has 1 amide bonds. The van der Waals surface area contributed by atoms with Crippen LogP contribution in [-0.4, -0.2) is 64.5 Å². The summed E-state index contributed by atoms with van der Waals surface area (Å²) in [7, 11) is -4.27. The number of amides is 1. The van der Waals surface area contributed by atoms with Gasteiger partial charge in [-0.15, -0.1) is 0 Å². The van der Waals surface area contributed by atoms with E-state index in [1.807, 2.05) is 32.9 Å². The summed E-state index contributed by atoms with van der Waals surface area (Å²) in [6.45, 7) is 31.2. The Balaban J connectivity index is 1.27. The smallest absolute Gasteiger partial charge is 0.416 e. The maximum absolute atomic E-state index is 16.6. The molecule has 5 aromatic rings. The number of fused-ring (bicyclic) bond motifs is 2. The summed E-state index contributed by atoms with van der Waals surface area (Å²) in [4.78, 5) is 32.5. The van der Waals surface area contributed by atoms with E-state index >= 15 is 4.39 Å². The Hall–Kier alpha value is -4.08. The van der Waals surface area contributed by atoms with Crippen LogP contribution in [0.5, 0.6) is 0 Å². The lowest BCUT2D eigenvalue weighted by atomic mass is 10.1. The zero-order valence-corrected chi connectivity index (χ0v) is 40.5. The van der Waals surface area contributed by atoms with Gasteiger partial charge in [-0.25, -0.2) is 24.1 Å². The lowest BCUT2D eigenvalue weighted by Gasteiger charge is -2.44. The maximum Gasteiger partial charge on any atom is 0.416 e. The molecular weight excluding hydrogens is 786 g/mol. The van der Waals surface area contributed by atoms with Gasteiger partial charge in [0.25, 0.3) is 0 Å². The van der Waals surface area contributed by atoms with Crippen LogP contribution in [0.15, 0.2) is 61.3 Å². The number of rotatable bonds is 12. The van der Waals surface area contributed by atoms with Gasteiger partial charge in [-0.1, -0.05) is 68.4 Å². The molecule has 13 heteroatoms. The highest BCUT2D eigenvalue weighted by Crippen LogP contribution is 2.46. The fourth-order valence-corrected chi connectivity index (χ4v) is 17.7. The molecule has 1 saturated heterocycles. The zero-order valence-electron chi connectivity index (χ0n) is 38.5. The van der Waals surface area contributed by atoms with Crippen molar-refractivity contribution in [2.45, 2.75) is 167 Å². The van der Waals surface area contributed by atoms with Crippen LogP contribution >= 0.6 is 0 Å². The van der Waals surface area contributed by atoms with Gasteiger partial charge in [0.1, 0.15) is 35.0 Å². The fourth-order valence-electron chi connectivity index (χ4n) is 9.72. The number of benzene rings is 1. The molecule has 7 rings (SSSR count). The van der Waals surface area contributed by atoms with E-state index in [0.717, 1.165) is 28.7 Å². The number of halogens is 1. The van der Waals surface area contributed by atoms with Crippen LogP contribution in [0.3, 0.4) is 0 Å². The van der Waals surface area contributed by atoms with Crippen molar-refractivity contribution < 1.29 is 18.3 Å². The Kier molecular flexibility index (Phi) is 11.7. The van der Waals surface area contributed by atoms with E-state index in [-0.39, 0.29) is 29.5 Å². The second kappa shape index (κ2) is 16.0. The van der Waals surface area contributed by atoms with Crippen molar-refractivity contribution in [1.82, 2.24) is 23.6 Å². The third-order valence-corrected chi connectivity index (χ3v) is 24.9. The summed E-state index contributed by atoms with van der Waals surface area (Å²) in [5, 5.41) is 0.986. The molecule has 0 unspecified atom stereocenters. The highest BCUT2D eigenvalue weighted by molar-refractivity contribution is 6.82. The number of anilines is 2. The lowest BCUT2D eigenvalue weighted by molar-refractivity contribution is 0.0576. The highest BCUT2D eigenvalue weighted by atomic mass is 28.4. The van der Waals surface area contributed by atoms with Crippen molar-refractivity contribution in [1.29, 1.82) is 0 Å². The Morgan fingerprint density at radius 3 is 2.23 bits per heavy atom. The molecular formula is C47H68FN7O3Si2. The predicted octanol–water partition coefficient (Wildman–Crippen LogP) is 12.4. The minimum atomic E-state index is -2.15. The number of carbonyl (C=O) groups is 1. The van der Waals surface area contributed by atoms with E-state index in [0.29, 0.717) is 46.3 Å². The standard InChI is InChI=1S/C47H68FN7O3Si2/c1-30(2)60(31(3)4,32(5)6)55-20-19-34-21-36(38(48)23-40(34)55)26-54(45(56)57-46(7,8)9)44-24-43(49-29-50-44)53-27-37(58-59(13,14)47(10,11)12)22-41(53)39-28-52-25-35(33-15-16-33)17-18-42(52)51-39/h17-21,23-25,28-33,37,41H,15-16,22,26-27H2,1-14H3/t37-,41+/m0/s1. The number of ether oxygens (including phenoxy) is 1. The molecule has 5 heterocycles. The lowest BCUT2D eigenvalue weighted by Crippen LogP contribution is -2.51. The first-order valence-corrected chi connectivity index (χ1v) is 27.1. The number of pyridine rings is 1. The van der Waals surface area contributed by atoms with Crippen LogP contribution in [0.1, 0.15) is 131 Å². The molecule has 0 bridgehead atoms. The molecule has 4 aromatic heterocycles. The number of hydrogen-bond acceptors (Lipinski definition) is 7. The second-order valence-corrected chi connectivity index (χ2v) is 31.4. The van der Waals surface area contributed by atoms with E-state index in [2.05, 4.69) is 131 Å². The predicted molar refractivity (Wildman–Crippen MR) is 247 cm³/mol. The average Bonchev–Trinajstić information content (AvgIpc) is 3.58. The summed E-state index contributed by atoms with van der Waals surface area (Å²) in [5.74, 6) is 1.23. The van der Waals surface area contributed by atoms with Gasteiger partial charge < -0.3 is 22.7 Å². The van der Waals surface area contributed by atoms with Crippen LogP contribution < -0.4 is 9.80 Å². The first kappa shape index (κ1) is 44.0. The van der Waals surface area contributed by atoms with Gasteiger partial charge >= 0.3 is 6.09 Å². The summed E-state index contributed by atoms with van der Waals surface area (Å²) in [6.07, 6.45) is 10.5. The van der Waals surface area contributed by atoms with Crippen molar-refractivity contribution in [3.63, 3.8) is 0 Å². The Bertz CT molecular complexity index is 2330. The van der Waals surface area contributed by atoms with Gasteiger partial charge in [-0.3, -0.25) is 4.90 Å². The third-order valence-electron chi connectivity index (χ3n) is 13.6. The van der Waals surface area contributed by atoms with Gasteiger partial charge in [0, 0.05) is 42.5 Å². The summed E-state index contributed by atoms with van der Waals surface area (Å²) in [5.41, 5.74) is 5.03. The number of carbonyl (C=O) groups excluding carboxylic acids is 1. The molecule has 2 fully saturated rings. The van der Waals surface area contributed by atoms with Gasteiger partial charge in [0.15, 0.2) is 16.6 Å². The average molecular weight is 854 g/mol. The van der Waals surface area contributed by atoms with E-state index in [9.17, 15) is 4.79 Å². The summed E-state index contributed by atoms with van der Waals surface area (Å²) < 4.78 is 34.2. The Labute approximate surface area is 359 Å². The van der Waals surface area contributed by atoms with Gasteiger partial charge in [0.2, 0.25) is 0 Å². The molecule has 1 aliphatic heterocycles. The van der Waals surface area contributed by atoms with Crippen molar-refractivity contribution in [3.8, 4) is 0 Å². The van der Waals surface area contributed by atoms with Crippen LogP contribution in [0.2, 0.25) is 34.8 Å². The molecule has 1 saturated carbocycles. The monoisotopic (exact) mass is 853 g/mol. The number of imidazole rings is 1. The third kappa shape index (κ3) is 8.42. The number of hydrogen-bond donors (Lipinski definition) is 0. The molecule has 1 aromatic carbocycles. The van der Waals surface area contributed by atoms with Crippen molar-refractivity contribution in [3.05, 3.63) is 84.0 Å². The van der Waals surface area contributed by atoms with Crippen LogP contribution in [0.25, 0.3) is 16.6 Å². The quantitative estimate of drug-likeness (QED) is 0.115. The topological polar surface area (TPSA) is 90.0 Å². The van der Waals surface area contributed by atoms with E-state index in [1.165, 1.54) is 29.6 Å². The molecule has 2 aliphatic rings. The van der Waals surface area contributed by atoms with E-state index in [1.54, 1.807) is 6.07 Å². The van der Waals surface area contributed by atoms with E-state index < -0.39 is 28.2 Å². The zero-order chi connectivity index (χ0) is 43.7. The number of aromatic nitrogens is 5. The van der Waals surface area contributed by atoms with Gasteiger partial charge in [-0.05, 0) is 116 Å². The minimum absolute atomic E-state index is 0.0392. The first-order valence-electron chi connectivity index (χ1n) is 22.1. The maximum atomic E-state index is 16.6. The summed E-state index contributed by atoms with van der Waals surface area (Å²) >= 11 is 0. The molecule has 0 spiro atoms. The number of nitrogens with zero attached hydrogens (tertiary/aromatic N) is 7. The van der Waals surface area contributed by atoms with Crippen LogP contribution in [0, 0.1) is 5.82 Å². The summed E-state index contributed by atoms with van der Waals surface area (Å²) in [6, 6.07) is 11.7.